The number of nitrogens with two attached hydrogens (primary N) is 1. The van der Waals surface area contributed by atoms with Gasteiger partial charge in [-0.15, -0.1) is 0 Å². The van der Waals surface area contributed by atoms with Gasteiger partial charge in [-0.3, -0.25) is 4.79 Å². The average molecular weight is 296 g/mol. The summed E-state index contributed by atoms with van der Waals surface area (Å²) in [6.45, 7) is 2.79. The molecule has 0 saturated heterocycles. The van der Waals surface area contributed by atoms with Gasteiger partial charge < -0.3 is 16.0 Å². The normalized spacial score (nSPS) is 10.8. The van der Waals surface area contributed by atoms with Gasteiger partial charge >= 0.3 is 0 Å². The first-order valence-electron chi connectivity index (χ1n) is 7.03. The molecule has 0 radical (unpaired) electrons. The quantitative estimate of drug-likeness (QED) is 0.677. The summed E-state index contributed by atoms with van der Waals surface area (Å²) in [5, 5.41) is 4.56. The van der Waals surface area contributed by atoms with Gasteiger partial charge in [0, 0.05) is 30.7 Å². The molecule has 0 aromatic carbocycles. The van der Waals surface area contributed by atoms with Crippen molar-refractivity contribution in [2.75, 3.05) is 17.6 Å². The third kappa shape index (κ3) is 2.60. The second kappa shape index (κ2) is 5.80. The Labute approximate surface area is 126 Å². The summed E-state index contributed by atoms with van der Waals surface area (Å²) in [6.07, 6.45) is 5.79. The second-order valence-electron chi connectivity index (χ2n) is 4.88. The Morgan fingerprint density at radius 2 is 2.09 bits per heavy atom. The summed E-state index contributed by atoms with van der Waals surface area (Å²) >= 11 is 0. The van der Waals surface area contributed by atoms with E-state index in [1.807, 2.05) is 12.1 Å². The lowest BCUT2D eigenvalue weighted by Crippen LogP contribution is -2.11. The average Bonchev–Trinajstić information content (AvgIpc) is 2.53. The molecule has 22 heavy (non-hydrogen) atoms. The Hall–Kier alpha value is -2.96. The van der Waals surface area contributed by atoms with Gasteiger partial charge in [-0.1, -0.05) is 6.92 Å². The molecule has 3 rings (SSSR count). The third-order valence-electron chi connectivity index (χ3n) is 3.26. The molecule has 0 aliphatic rings. The number of aromatic amines is 1. The van der Waals surface area contributed by atoms with Crippen molar-refractivity contribution in [3.63, 3.8) is 0 Å². The molecule has 112 valence electrons. The van der Waals surface area contributed by atoms with Crippen LogP contribution in [0.3, 0.4) is 0 Å². The Morgan fingerprint density at radius 1 is 1.32 bits per heavy atom. The summed E-state index contributed by atoms with van der Waals surface area (Å²) in [5.74, 6) is 0.776. The Kier molecular flexibility index (Phi) is 3.69. The van der Waals surface area contributed by atoms with E-state index in [4.69, 9.17) is 5.73 Å². The van der Waals surface area contributed by atoms with Gasteiger partial charge in [-0.05, 0) is 23.9 Å². The maximum absolute atomic E-state index is 12.1. The van der Waals surface area contributed by atoms with Crippen molar-refractivity contribution in [1.29, 1.82) is 0 Å². The molecule has 3 aromatic heterocycles. The zero-order valence-corrected chi connectivity index (χ0v) is 12.1. The Balaban J connectivity index is 2.20. The summed E-state index contributed by atoms with van der Waals surface area (Å²) in [4.78, 5) is 27.3. The van der Waals surface area contributed by atoms with Crippen LogP contribution >= 0.6 is 0 Å². The monoisotopic (exact) mass is 296 g/mol. The predicted octanol–water partition coefficient (Wildman–Crippen LogP) is 1.78. The van der Waals surface area contributed by atoms with E-state index in [9.17, 15) is 4.79 Å². The molecule has 0 amide bonds. The maximum atomic E-state index is 12.1. The molecular weight excluding hydrogens is 280 g/mol. The first-order chi connectivity index (χ1) is 10.7. The van der Waals surface area contributed by atoms with E-state index < -0.39 is 0 Å². The van der Waals surface area contributed by atoms with Crippen LogP contribution in [0.15, 0.2) is 35.5 Å². The molecule has 0 unspecified atom stereocenters. The van der Waals surface area contributed by atoms with Crippen molar-refractivity contribution >= 4 is 22.5 Å². The molecule has 0 aliphatic heterocycles. The minimum absolute atomic E-state index is 0.163. The van der Waals surface area contributed by atoms with E-state index in [0.717, 1.165) is 23.9 Å². The van der Waals surface area contributed by atoms with Crippen LogP contribution in [0.1, 0.15) is 13.3 Å². The van der Waals surface area contributed by atoms with Crippen molar-refractivity contribution in [3.8, 4) is 11.3 Å². The highest BCUT2D eigenvalue weighted by molar-refractivity contribution is 5.93. The number of nitrogens with zero attached hydrogens (tertiary/aromatic N) is 3. The van der Waals surface area contributed by atoms with E-state index >= 15 is 0 Å². The molecule has 7 heteroatoms. The molecule has 0 bridgehead atoms. The van der Waals surface area contributed by atoms with Crippen molar-refractivity contribution in [3.05, 3.63) is 41.1 Å². The number of hydrogen-bond donors (Lipinski definition) is 3. The van der Waals surface area contributed by atoms with Gasteiger partial charge in [-0.2, -0.15) is 0 Å². The van der Waals surface area contributed by atoms with E-state index in [2.05, 4.69) is 32.2 Å². The van der Waals surface area contributed by atoms with E-state index in [1.54, 1.807) is 18.6 Å². The number of hydrogen-bond acceptors (Lipinski definition) is 6. The lowest BCUT2D eigenvalue weighted by atomic mass is 10.1. The number of nitrogen functional groups attached to an aromatic ring is 1. The molecule has 4 N–H and O–H groups in total. The van der Waals surface area contributed by atoms with Crippen LogP contribution in [-0.4, -0.2) is 26.5 Å². The fraction of sp³-hybridized carbons (Fsp3) is 0.200. The van der Waals surface area contributed by atoms with Gasteiger partial charge in [0.05, 0.1) is 11.1 Å². The fourth-order valence-electron chi connectivity index (χ4n) is 2.20. The molecule has 7 nitrogen and oxygen atoms in total. The summed E-state index contributed by atoms with van der Waals surface area (Å²) in [6, 6.07) is 3.69. The number of aromatic nitrogens is 4. The van der Waals surface area contributed by atoms with Crippen LogP contribution in [0.4, 0.5) is 11.8 Å². The number of anilines is 2. The van der Waals surface area contributed by atoms with E-state index in [-0.39, 0.29) is 11.5 Å². The molecule has 0 saturated carbocycles. The summed E-state index contributed by atoms with van der Waals surface area (Å²) in [7, 11) is 0. The number of nitrogens with one attached hydrogen (secondary N) is 2. The molecule has 0 spiro atoms. The SMILES string of the molecule is CCCNc1nc(-c2cnc(N)nc2)cc2cc[nH]c(=O)c12. The van der Waals surface area contributed by atoms with E-state index in [0.29, 0.717) is 16.9 Å². The number of rotatable bonds is 4. The first-order valence-corrected chi connectivity index (χ1v) is 7.03. The molecule has 0 fully saturated rings. The molecule has 3 aromatic rings. The zero-order valence-electron chi connectivity index (χ0n) is 12.1. The third-order valence-corrected chi connectivity index (χ3v) is 3.26. The summed E-state index contributed by atoms with van der Waals surface area (Å²) < 4.78 is 0. The Morgan fingerprint density at radius 3 is 2.82 bits per heavy atom. The number of pyridine rings is 2. The van der Waals surface area contributed by atoms with Crippen LogP contribution in [0.2, 0.25) is 0 Å². The van der Waals surface area contributed by atoms with Crippen molar-refractivity contribution in [2.45, 2.75) is 13.3 Å². The molecule has 0 atom stereocenters. The zero-order chi connectivity index (χ0) is 15.5. The van der Waals surface area contributed by atoms with Crippen LogP contribution in [0.5, 0.6) is 0 Å². The molecular formula is C15H16N6O. The molecule has 0 aliphatic carbocycles. The van der Waals surface area contributed by atoms with Gasteiger partial charge in [0.1, 0.15) is 5.82 Å². The fourth-order valence-corrected chi connectivity index (χ4v) is 2.20. The maximum Gasteiger partial charge on any atom is 0.259 e. The highest BCUT2D eigenvalue weighted by atomic mass is 16.1. The van der Waals surface area contributed by atoms with Crippen LogP contribution in [0, 0.1) is 0 Å². The van der Waals surface area contributed by atoms with Crippen LogP contribution in [-0.2, 0) is 0 Å². The van der Waals surface area contributed by atoms with Crippen LogP contribution < -0.4 is 16.6 Å². The number of fused-ring (bicyclic) bond motifs is 1. The topological polar surface area (TPSA) is 110 Å². The van der Waals surface area contributed by atoms with Gasteiger partial charge in [0.25, 0.3) is 5.56 Å². The second-order valence-corrected chi connectivity index (χ2v) is 4.88. The lowest BCUT2D eigenvalue weighted by Gasteiger charge is -2.10. The van der Waals surface area contributed by atoms with Crippen molar-refractivity contribution < 1.29 is 0 Å². The minimum atomic E-state index is -0.163. The lowest BCUT2D eigenvalue weighted by molar-refractivity contribution is 0.972. The van der Waals surface area contributed by atoms with Crippen molar-refractivity contribution in [1.82, 2.24) is 19.9 Å². The number of H-pyrrole nitrogens is 1. The molecule has 3 heterocycles. The highest BCUT2D eigenvalue weighted by Crippen LogP contribution is 2.25. The standard InChI is InChI=1S/C15H16N6O/c1-2-4-17-13-12-9(3-5-18-14(12)22)6-11(21-13)10-7-19-15(16)20-8-10/h3,5-8H,2,4H2,1H3,(H,17,21)(H,18,22)(H2,16,19,20). The summed E-state index contributed by atoms with van der Waals surface area (Å²) in [5.41, 5.74) is 6.78. The van der Waals surface area contributed by atoms with Crippen molar-refractivity contribution in [2.24, 2.45) is 0 Å². The highest BCUT2D eigenvalue weighted by Gasteiger charge is 2.11. The van der Waals surface area contributed by atoms with Crippen LogP contribution in [0.25, 0.3) is 22.0 Å². The first kappa shape index (κ1) is 14.0. The van der Waals surface area contributed by atoms with Gasteiger partial charge in [0.2, 0.25) is 5.95 Å². The van der Waals surface area contributed by atoms with Gasteiger partial charge in [0.15, 0.2) is 0 Å². The minimum Gasteiger partial charge on any atom is -0.369 e. The predicted molar refractivity (Wildman–Crippen MR) is 86.6 cm³/mol. The Bertz CT molecular complexity index is 856. The van der Waals surface area contributed by atoms with Gasteiger partial charge in [-0.25, -0.2) is 15.0 Å². The van der Waals surface area contributed by atoms with E-state index in [1.165, 1.54) is 0 Å². The largest absolute Gasteiger partial charge is 0.369 e. The smallest absolute Gasteiger partial charge is 0.259 e.